The number of fused-ring (bicyclic) bond motifs is 1. The van der Waals surface area contributed by atoms with Gasteiger partial charge < -0.3 is 0 Å². The van der Waals surface area contributed by atoms with Crippen LogP contribution in [0.1, 0.15) is 17.5 Å². The molecule has 0 aliphatic carbocycles. The standard InChI is InChI=1S/C13H18BrNO2S/c1-15(10-14)7-6-11-4-5-13-12(9-11)3-2-8-18(13,16)17/h4-5,9H,2-3,6-8,10H2,1H3. The second-order valence-corrected chi connectivity index (χ2v) is 7.39. The van der Waals surface area contributed by atoms with Gasteiger partial charge in [-0.1, -0.05) is 28.1 Å². The maximum Gasteiger partial charge on any atom is 0.178 e. The van der Waals surface area contributed by atoms with E-state index in [0.717, 1.165) is 36.8 Å². The molecule has 0 bridgehead atoms. The lowest BCUT2D eigenvalue weighted by Crippen LogP contribution is -2.20. The lowest BCUT2D eigenvalue weighted by molar-refractivity contribution is 0.401. The molecule has 1 aromatic carbocycles. The molecule has 0 atom stereocenters. The number of hydrogen-bond acceptors (Lipinski definition) is 3. The average Bonchev–Trinajstić information content (AvgIpc) is 2.35. The van der Waals surface area contributed by atoms with Gasteiger partial charge in [-0.25, -0.2) is 8.42 Å². The van der Waals surface area contributed by atoms with E-state index in [1.165, 1.54) is 5.56 Å². The first-order valence-electron chi connectivity index (χ1n) is 6.12. The van der Waals surface area contributed by atoms with Crippen molar-refractivity contribution < 1.29 is 8.42 Å². The SMILES string of the molecule is CN(CBr)CCc1ccc2c(c1)CCCS2(=O)=O. The van der Waals surface area contributed by atoms with Gasteiger partial charge in [-0.2, -0.15) is 0 Å². The maximum absolute atomic E-state index is 11.9. The molecule has 0 radical (unpaired) electrons. The molecule has 0 unspecified atom stereocenters. The highest BCUT2D eigenvalue weighted by Gasteiger charge is 2.23. The highest BCUT2D eigenvalue weighted by Crippen LogP contribution is 2.26. The lowest BCUT2D eigenvalue weighted by atomic mass is 10.0. The number of likely N-dealkylation sites (N-methyl/N-ethyl adjacent to an activating group) is 1. The van der Waals surface area contributed by atoms with Crippen molar-refractivity contribution in [1.82, 2.24) is 4.90 Å². The summed E-state index contributed by atoms with van der Waals surface area (Å²) in [5, 5.41) is 0. The number of aryl methyl sites for hydroxylation is 1. The Morgan fingerprint density at radius 3 is 2.89 bits per heavy atom. The summed E-state index contributed by atoms with van der Waals surface area (Å²) in [7, 11) is -0.959. The molecule has 0 saturated heterocycles. The van der Waals surface area contributed by atoms with E-state index in [1.807, 2.05) is 6.07 Å². The third kappa shape index (κ3) is 3.13. The molecule has 1 heterocycles. The third-order valence-corrected chi connectivity index (χ3v) is 6.06. The Kier molecular flexibility index (Phi) is 4.45. The molecule has 2 rings (SSSR count). The van der Waals surface area contributed by atoms with Gasteiger partial charge in [-0.15, -0.1) is 0 Å². The number of alkyl halides is 1. The summed E-state index contributed by atoms with van der Waals surface area (Å²) in [6.45, 7) is 0.969. The van der Waals surface area contributed by atoms with Crippen LogP contribution in [-0.2, 0) is 22.7 Å². The van der Waals surface area contributed by atoms with Crippen LogP contribution in [0, 0.1) is 0 Å². The second-order valence-electron chi connectivity index (χ2n) is 4.81. The fraction of sp³-hybridized carbons (Fsp3) is 0.538. The van der Waals surface area contributed by atoms with Crippen LogP contribution < -0.4 is 0 Å². The molecule has 5 heteroatoms. The Bertz CT molecular complexity index is 528. The molecular formula is C13H18BrNO2S. The molecule has 3 nitrogen and oxygen atoms in total. The molecule has 0 N–H and O–H groups in total. The van der Waals surface area contributed by atoms with Crippen molar-refractivity contribution in [2.24, 2.45) is 0 Å². The zero-order chi connectivity index (χ0) is 13.2. The van der Waals surface area contributed by atoms with E-state index < -0.39 is 9.84 Å². The van der Waals surface area contributed by atoms with E-state index in [2.05, 4.69) is 33.9 Å². The van der Waals surface area contributed by atoms with E-state index in [-0.39, 0.29) is 0 Å². The average molecular weight is 332 g/mol. The molecule has 0 amide bonds. The topological polar surface area (TPSA) is 37.4 Å². The Labute approximate surface area is 117 Å². The first kappa shape index (κ1) is 14.0. The van der Waals surface area contributed by atoms with Crippen LogP contribution in [0.3, 0.4) is 0 Å². The lowest BCUT2D eigenvalue weighted by Gasteiger charge is -2.18. The van der Waals surface area contributed by atoms with E-state index >= 15 is 0 Å². The number of hydrogen-bond donors (Lipinski definition) is 0. The molecule has 0 saturated carbocycles. The Balaban J connectivity index is 2.18. The fourth-order valence-corrected chi connectivity index (χ4v) is 4.06. The van der Waals surface area contributed by atoms with Crippen LogP contribution in [0.4, 0.5) is 0 Å². The number of rotatable bonds is 4. The van der Waals surface area contributed by atoms with Gasteiger partial charge >= 0.3 is 0 Å². The van der Waals surface area contributed by atoms with Gasteiger partial charge in [-0.05, 0) is 43.5 Å². The van der Waals surface area contributed by atoms with Crippen molar-refractivity contribution in [3.8, 4) is 0 Å². The number of sulfone groups is 1. The minimum atomic E-state index is -3.01. The van der Waals surface area contributed by atoms with Gasteiger partial charge in [0.1, 0.15) is 0 Å². The molecule has 0 spiro atoms. The fourth-order valence-electron chi connectivity index (χ4n) is 2.23. The Hall–Kier alpha value is -0.390. The molecular weight excluding hydrogens is 314 g/mol. The van der Waals surface area contributed by atoms with Crippen molar-refractivity contribution in [2.45, 2.75) is 24.2 Å². The van der Waals surface area contributed by atoms with E-state index in [1.54, 1.807) is 6.07 Å². The van der Waals surface area contributed by atoms with Crippen molar-refractivity contribution >= 4 is 25.8 Å². The first-order chi connectivity index (χ1) is 8.53. The predicted molar refractivity (Wildman–Crippen MR) is 76.9 cm³/mol. The van der Waals surface area contributed by atoms with Gasteiger partial charge in [0.05, 0.1) is 16.1 Å². The predicted octanol–water partition coefficient (Wildman–Crippen LogP) is 2.23. The summed E-state index contributed by atoms with van der Waals surface area (Å²) in [4.78, 5) is 2.72. The number of benzene rings is 1. The quantitative estimate of drug-likeness (QED) is 0.627. The minimum Gasteiger partial charge on any atom is -0.296 e. The van der Waals surface area contributed by atoms with Gasteiger partial charge in [0.2, 0.25) is 0 Å². The summed E-state index contributed by atoms with van der Waals surface area (Å²) in [5.74, 6) is 0.297. The Morgan fingerprint density at radius 2 is 2.17 bits per heavy atom. The van der Waals surface area contributed by atoms with E-state index in [4.69, 9.17) is 0 Å². The van der Waals surface area contributed by atoms with Crippen molar-refractivity contribution in [1.29, 1.82) is 0 Å². The van der Waals surface area contributed by atoms with E-state index in [0.29, 0.717) is 10.6 Å². The molecule has 0 aromatic heterocycles. The summed E-state index contributed by atoms with van der Waals surface area (Å²) in [6.07, 6.45) is 2.59. The van der Waals surface area contributed by atoms with Gasteiger partial charge in [0, 0.05) is 6.54 Å². The van der Waals surface area contributed by atoms with Crippen molar-refractivity contribution in [3.63, 3.8) is 0 Å². The summed E-state index contributed by atoms with van der Waals surface area (Å²) >= 11 is 3.41. The molecule has 1 aromatic rings. The van der Waals surface area contributed by atoms with Crippen LogP contribution in [0.5, 0.6) is 0 Å². The van der Waals surface area contributed by atoms with Crippen LogP contribution in [-0.4, -0.2) is 38.1 Å². The van der Waals surface area contributed by atoms with Gasteiger partial charge in [0.25, 0.3) is 0 Å². The number of halogens is 1. The minimum absolute atomic E-state index is 0.297. The molecule has 100 valence electrons. The third-order valence-electron chi connectivity index (χ3n) is 3.31. The molecule has 18 heavy (non-hydrogen) atoms. The number of nitrogens with zero attached hydrogens (tertiary/aromatic N) is 1. The van der Waals surface area contributed by atoms with Crippen LogP contribution >= 0.6 is 15.9 Å². The van der Waals surface area contributed by atoms with Crippen LogP contribution in [0.2, 0.25) is 0 Å². The largest absolute Gasteiger partial charge is 0.296 e. The molecule has 1 aliphatic rings. The zero-order valence-electron chi connectivity index (χ0n) is 10.5. The van der Waals surface area contributed by atoms with Crippen LogP contribution in [0.25, 0.3) is 0 Å². The Morgan fingerprint density at radius 1 is 1.39 bits per heavy atom. The highest BCUT2D eigenvalue weighted by atomic mass is 79.9. The molecule has 0 fully saturated rings. The van der Waals surface area contributed by atoms with Gasteiger partial charge in [-0.3, -0.25) is 4.90 Å². The smallest absolute Gasteiger partial charge is 0.178 e. The summed E-state index contributed by atoms with van der Waals surface area (Å²) < 4.78 is 23.8. The monoisotopic (exact) mass is 331 g/mol. The highest BCUT2D eigenvalue weighted by molar-refractivity contribution is 9.09. The van der Waals surface area contributed by atoms with E-state index in [9.17, 15) is 8.42 Å². The maximum atomic E-state index is 11.9. The normalized spacial score (nSPS) is 17.7. The van der Waals surface area contributed by atoms with Crippen LogP contribution in [0.15, 0.2) is 23.1 Å². The van der Waals surface area contributed by atoms with Crippen molar-refractivity contribution in [2.75, 3.05) is 24.8 Å². The second kappa shape index (κ2) is 5.72. The van der Waals surface area contributed by atoms with Crippen molar-refractivity contribution in [3.05, 3.63) is 29.3 Å². The zero-order valence-corrected chi connectivity index (χ0v) is 12.9. The molecule has 1 aliphatic heterocycles. The summed E-state index contributed by atoms with van der Waals surface area (Å²) in [6, 6.07) is 5.80. The summed E-state index contributed by atoms with van der Waals surface area (Å²) in [5.41, 5.74) is 3.07. The van der Waals surface area contributed by atoms with Gasteiger partial charge in [0.15, 0.2) is 9.84 Å². The first-order valence-corrected chi connectivity index (χ1v) is 8.89.